The van der Waals surface area contributed by atoms with Gasteiger partial charge in [-0.3, -0.25) is 0 Å². The molecule has 106 valence electrons. The Morgan fingerprint density at radius 3 is 2.84 bits per heavy atom. The molecule has 1 aromatic carbocycles. The molecule has 2 rings (SSSR count). The van der Waals surface area contributed by atoms with Crippen molar-refractivity contribution in [3.63, 3.8) is 0 Å². The van der Waals surface area contributed by atoms with Crippen molar-refractivity contribution in [3.05, 3.63) is 23.2 Å². The van der Waals surface area contributed by atoms with Gasteiger partial charge in [0.1, 0.15) is 0 Å². The number of anilines is 2. The molecule has 0 spiro atoms. The second-order valence-electron chi connectivity index (χ2n) is 5.57. The van der Waals surface area contributed by atoms with Crippen molar-refractivity contribution in [2.45, 2.75) is 25.3 Å². The van der Waals surface area contributed by atoms with E-state index in [4.69, 9.17) is 11.6 Å². The zero-order chi connectivity index (χ0) is 13.8. The molecule has 4 heteroatoms. The normalized spacial score (nSPS) is 20.3. The molecule has 0 aliphatic carbocycles. The Kier molecular flexibility index (Phi) is 4.94. The number of rotatable bonds is 4. The lowest BCUT2D eigenvalue weighted by Crippen LogP contribution is -2.40. The summed E-state index contributed by atoms with van der Waals surface area (Å²) in [5.74, 6) is 0. The lowest BCUT2D eigenvalue weighted by molar-refractivity contribution is 0.194. The lowest BCUT2D eigenvalue weighted by atomic mass is 10.0. The molecule has 0 radical (unpaired) electrons. The number of benzene rings is 1. The number of halogens is 1. The van der Waals surface area contributed by atoms with Crippen molar-refractivity contribution in [1.29, 1.82) is 0 Å². The molecule has 1 aromatic rings. The molecule has 0 saturated carbocycles. The second kappa shape index (κ2) is 6.49. The maximum Gasteiger partial charge on any atom is 0.0597 e. The highest BCUT2D eigenvalue weighted by Crippen LogP contribution is 2.28. The Balaban J connectivity index is 2.03. The van der Waals surface area contributed by atoms with Gasteiger partial charge in [-0.15, -0.1) is 0 Å². The van der Waals surface area contributed by atoms with Gasteiger partial charge >= 0.3 is 0 Å². The third kappa shape index (κ3) is 3.77. The maximum absolute atomic E-state index is 6.10. The molecule has 1 N–H and O–H groups in total. The number of nitrogens with zero attached hydrogens (tertiary/aromatic N) is 2. The van der Waals surface area contributed by atoms with E-state index in [0.29, 0.717) is 6.04 Å². The molecule has 1 aliphatic heterocycles. The summed E-state index contributed by atoms with van der Waals surface area (Å²) in [6.45, 7) is 2.19. The van der Waals surface area contributed by atoms with Gasteiger partial charge < -0.3 is 15.1 Å². The van der Waals surface area contributed by atoms with Gasteiger partial charge in [0.2, 0.25) is 0 Å². The molecule has 1 saturated heterocycles. The lowest BCUT2D eigenvalue weighted by Gasteiger charge is -2.33. The van der Waals surface area contributed by atoms with Crippen LogP contribution in [0.2, 0.25) is 5.02 Å². The van der Waals surface area contributed by atoms with Gasteiger partial charge in [0, 0.05) is 31.7 Å². The first-order valence-electron chi connectivity index (χ1n) is 6.99. The molecule has 0 bridgehead atoms. The van der Waals surface area contributed by atoms with E-state index in [9.17, 15) is 0 Å². The SMILES string of the molecule is CN(C)c1ccc(Cl)cc1NCC1CCCCN1C. The monoisotopic (exact) mass is 281 g/mol. The highest BCUT2D eigenvalue weighted by Gasteiger charge is 2.18. The Hall–Kier alpha value is -0.930. The quantitative estimate of drug-likeness (QED) is 0.914. The average molecular weight is 282 g/mol. The molecule has 1 fully saturated rings. The highest BCUT2D eigenvalue weighted by atomic mass is 35.5. The van der Waals surface area contributed by atoms with Crippen LogP contribution in [-0.4, -0.2) is 45.2 Å². The predicted octanol–water partition coefficient (Wildman–Crippen LogP) is 3.30. The minimum Gasteiger partial charge on any atom is -0.382 e. The Bertz CT molecular complexity index is 420. The third-order valence-corrected chi connectivity index (χ3v) is 4.13. The van der Waals surface area contributed by atoms with Crippen molar-refractivity contribution in [1.82, 2.24) is 4.90 Å². The molecule has 1 heterocycles. The van der Waals surface area contributed by atoms with E-state index in [2.05, 4.69) is 42.3 Å². The van der Waals surface area contributed by atoms with Crippen LogP contribution in [0.15, 0.2) is 18.2 Å². The maximum atomic E-state index is 6.10. The molecule has 3 nitrogen and oxygen atoms in total. The standard InChI is InChI=1S/C15H24ClN3/c1-18(2)15-8-7-12(16)10-14(15)17-11-13-6-4-5-9-19(13)3/h7-8,10,13,17H,4-6,9,11H2,1-3H3. The first kappa shape index (κ1) is 14.5. The Morgan fingerprint density at radius 1 is 1.37 bits per heavy atom. The topological polar surface area (TPSA) is 18.5 Å². The molecule has 1 atom stereocenters. The number of hydrogen-bond acceptors (Lipinski definition) is 3. The number of likely N-dealkylation sites (N-methyl/N-ethyl adjacent to an activating group) is 1. The zero-order valence-electron chi connectivity index (χ0n) is 12.1. The van der Waals surface area contributed by atoms with Crippen LogP contribution < -0.4 is 10.2 Å². The van der Waals surface area contributed by atoms with Crippen LogP contribution in [0.3, 0.4) is 0 Å². The molecule has 0 aromatic heterocycles. The van der Waals surface area contributed by atoms with Gasteiger partial charge in [-0.05, 0) is 44.6 Å². The van der Waals surface area contributed by atoms with Gasteiger partial charge in [-0.2, -0.15) is 0 Å². The fourth-order valence-corrected chi connectivity index (χ4v) is 2.84. The van der Waals surface area contributed by atoms with Crippen molar-refractivity contribution >= 4 is 23.0 Å². The molecule has 1 unspecified atom stereocenters. The summed E-state index contributed by atoms with van der Waals surface area (Å²) in [6.07, 6.45) is 3.95. The summed E-state index contributed by atoms with van der Waals surface area (Å²) in [5, 5.41) is 4.35. The van der Waals surface area contributed by atoms with E-state index >= 15 is 0 Å². The summed E-state index contributed by atoms with van der Waals surface area (Å²) >= 11 is 6.10. The van der Waals surface area contributed by atoms with Gasteiger partial charge in [0.05, 0.1) is 11.4 Å². The van der Waals surface area contributed by atoms with Crippen LogP contribution in [0.25, 0.3) is 0 Å². The van der Waals surface area contributed by atoms with E-state index in [0.717, 1.165) is 17.3 Å². The van der Waals surface area contributed by atoms with E-state index in [1.165, 1.54) is 31.5 Å². The van der Waals surface area contributed by atoms with Gasteiger partial charge in [0.15, 0.2) is 0 Å². The van der Waals surface area contributed by atoms with Crippen molar-refractivity contribution in [2.75, 3.05) is 44.4 Å². The molecule has 1 aliphatic rings. The second-order valence-corrected chi connectivity index (χ2v) is 6.00. The molecule has 0 amide bonds. The van der Waals surface area contributed by atoms with E-state index in [1.54, 1.807) is 0 Å². The van der Waals surface area contributed by atoms with Crippen LogP contribution in [0.4, 0.5) is 11.4 Å². The van der Waals surface area contributed by atoms with Crippen LogP contribution in [0.1, 0.15) is 19.3 Å². The van der Waals surface area contributed by atoms with Gasteiger partial charge in [0.25, 0.3) is 0 Å². The van der Waals surface area contributed by atoms with E-state index < -0.39 is 0 Å². The van der Waals surface area contributed by atoms with Crippen LogP contribution >= 0.6 is 11.6 Å². The van der Waals surface area contributed by atoms with Crippen LogP contribution in [0, 0.1) is 0 Å². The smallest absolute Gasteiger partial charge is 0.0597 e. The van der Waals surface area contributed by atoms with E-state index in [1.807, 2.05) is 12.1 Å². The zero-order valence-corrected chi connectivity index (χ0v) is 12.9. The molecule has 19 heavy (non-hydrogen) atoms. The number of nitrogens with one attached hydrogen (secondary N) is 1. The third-order valence-electron chi connectivity index (χ3n) is 3.89. The van der Waals surface area contributed by atoms with Crippen LogP contribution in [0.5, 0.6) is 0 Å². The fraction of sp³-hybridized carbons (Fsp3) is 0.600. The summed E-state index contributed by atoms with van der Waals surface area (Å²) < 4.78 is 0. The van der Waals surface area contributed by atoms with Crippen molar-refractivity contribution in [3.8, 4) is 0 Å². The largest absolute Gasteiger partial charge is 0.382 e. The Morgan fingerprint density at radius 2 is 2.16 bits per heavy atom. The van der Waals surface area contributed by atoms with Crippen molar-refractivity contribution in [2.24, 2.45) is 0 Å². The Labute approximate surface area is 121 Å². The van der Waals surface area contributed by atoms with Crippen molar-refractivity contribution < 1.29 is 0 Å². The first-order valence-corrected chi connectivity index (χ1v) is 7.36. The summed E-state index contributed by atoms with van der Waals surface area (Å²) in [7, 11) is 6.33. The minimum atomic E-state index is 0.628. The summed E-state index contributed by atoms with van der Waals surface area (Å²) in [6, 6.07) is 6.65. The minimum absolute atomic E-state index is 0.628. The predicted molar refractivity (Wildman–Crippen MR) is 84.5 cm³/mol. The first-order chi connectivity index (χ1) is 9.08. The van der Waals surface area contributed by atoms with E-state index in [-0.39, 0.29) is 0 Å². The number of piperidine rings is 1. The fourth-order valence-electron chi connectivity index (χ4n) is 2.67. The van der Waals surface area contributed by atoms with Gasteiger partial charge in [-0.1, -0.05) is 18.0 Å². The number of hydrogen-bond donors (Lipinski definition) is 1. The van der Waals surface area contributed by atoms with Crippen LogP contribution in [-0.2, 0) is 0 Å². The number of likely N-dealkylation sites (tertiary alicyclic amines) is 1. The molecular formula is C15H24ClN3. The average Bonchev–Trinajstić information content (AvgIpc) is 2.37. The molecular weight excluding hydrogens is 258 g/mol. The summed E-state index contributed by atoms with van der Waals surface area (Å²) in [4.78, 5) is 4.57. The van der Waals surface area contributed by atoms with Gasteiger partial charge in [-0.25, -0.2) is 0 Å². The summed E-state index contributed by atoms with van der Waals surface area (Å²) in [5.41, 5.74) is 2.30. The highest BCUT2D eigenvalue weighted by molar-refractivity contribution is 6.31.